The van der Waals surface area contributed by atoms with Gasteiger partial charge in [0, 0.05) is 0 Å². The molecule has 19 aromatic carbocycles. The molecule has 0 nitrogen and oxygen atoms in total. The van der Waals surface area contributed by atoms with E-state index >= 15 is 0 Å². The first-order valence-corrected chi connectivity index (χ1v) is 35.1. The predicted octanol–water partition coefficient (Wildman–Crippen LogP) is 28.8. The van der Waals surface area contributed by atoms with Crippen molar-refractivity contribution in [2.75, 3.05) is 0 Å². The van der Waals surface area contributed by atoms with E-state index in [2.05, 4.69) is 419 Å². The fraction of sp³-hybridized carbons (Fsp3) is 0.0693. The molecular formula is C101H84. The van der Waals surface area contributed by atoms with Crippen molar-refractivity contribution in [3.05, 3.63) is 421 Å². The highest BCUT2D eigenvalue weighted by Gasteiger charge is 2.07. The van der Waals surface area contributed by atoms with E-state index in [-0.39, 0.29) is 0 Å². The molecule has 0 radical (unpaired) electrons. The van der Waals surface area contributed by atoms with Gasteiger partial charge in [0.15, 0.2) is 0 Å². The van der Waals surface area contributed by atoms with Crippen LogP contribution in [0.2, 0.25) is 0 Å². The molecule has 0 aliphatic heterocycles. The summed E-state index contributed by atoms with van der Waals surface area (Å²) in [6.07, 6.45) is 0. The van der Waals surface area contributed by atoms with E-state index in [1.54, 1.807) is 0 Å². The Morgan fingerprint density at radius 3 is 1.11 bits per heavy atom. The highest BCUT2D eigenvalue weighted by Crippen LogP contribution is 2.33. The summed E-state index contributed by atoms with van der Waals surface area (Å²) >= 11 is 0. The van der Waals surface area contributed by atoms with Crippen molar-refractivity contribution < 1.29 is 0 Å². The van der Waals surface area contributed by atoms with Crippen LogP contribution in [0.5, 0.6) is 0 Å². The van der Waals surface area contributed by atoms with E-state index in [9.17, 15) is 0 Å². The summed E-state index contributed by atoms with van der Waals surface area (Å²) < 4.78 is 0. The fourth-order valence-electron chi connectivity index (χ4n) is 13.9. The zero-order valence-corrected chi connectivity index (χ0v) is 58.9. The maximum Gasteiger partial charge on any atom is -0.00761 e. The van der Waals surface area contributed by atoms with Crippen LogP contribution >= 0.6 is 0 Å². The lowest BCUT2D eigenvalue weighted by molar-refractivity contribution is 1.46. The average Bonchev–Trinajstić information content (AvgIpc) is 0.800. The first-order chi connectivity index (χ1) is 49.5. The van der Waals surface area contributed by atoms with Crippen molar-refractivity contribution in [2.24, 2.45) is 0 Å². The molecule has 0 heterocycles. The van der Waals surface area contributed by atoms with Crippen molar-refractivity contribution >= 4 is 108 Å². The molecule has 0 saturated heterocycles. The Kier molecular flexibility index (Phi) is 21.3. The molecule has 0 atom stereocenters. The van der Waals surface area contributed by atoms with Gasteiger partial charge in [-0.15, -0.1) is 0 Å². The monoisotopic (exact) mass is 1300 g/mol. The third kappa shape index (κ3) is 16.0. The quantitative estimate of drug-likeness (QED) is 0.151. The van der Waals surface area contributed by atoms with Crippen molar-refractivity contribution in [3.8, 4) is 22.3 Å². The molecule has 0 aliphatic rings. The molecule has 0 unspecified atom stereocenters. The van der Waals surface area contributed by atoms with E-state index < -0.39 is 0 Å². The van der Waals surface area contributed by atoms with Crippen LogP contribution in [0.1, 0.15) is 38.9 Å². The third-order valence-corrected chi connectivity index (χ3v) is 19.1. The van der Waals surface area contributed by atoms with Gasteiger partial charge in [-0.1, -0.05) is 399 Å². The molecule has 0 amide bonds. The Bertz CT molecular complexity index is 5950. The minimum Gasteiger partial charge on any atom is -0.0622 e. The largest absolute Gasteiger partial charge is 0.0622 e. The molecule has 0 N–H and O–H groups in total. The molecule has 0 bridgehead atoms. The van der Waals surface area contributed by atoms with E-state index in [0.717, 1.165) is 0 Å². The van der Waals surface area contributed by atoms with Gasteiger partial charge in [-0.25, -0.2) is 0 Å². The molecule has 0 aromatic heterocycles. The van der Waals surface area contributed by atoms with Crippen molar-refractivity contribution in [3.63, 3.8) is 0 Å². The van der Waals surface area contributed by atoms with Gasteiger partial charge in [-0.3, -0.25) is 0 Å². The Morgan fingerprint density at radius 2 is 0.475 bits per heavy atom. The van der Waals surface area contributed by atoms with E-state index in [4.69, 9.17) is 0 Å². The second-order valence-corrected chi connectivity index (χ2v) is 26.3. The number of hydrogen-bond acceptors (Lipinski definition) is 0. The minimum atomic E-state index is 1.28. The van der Waals surface area contributed by atoms with Crippen LogP contribution in [0.3, 0.4) is 0 Å². The SMILES string of the molecule is Cc1cc2ccccc2c2ccccc12.Cc1ccc2c(ccc3ccccc32)c1.Cc1ccc2ccc3ccccc3c2c1.Cc1cccc(-c2ccccc2)c1.Cc1cccc2c1ccc1ccccc12.Cc1cccc2ccc3ccccc3c12.Cc1ccccc1-c1ccccc1. The Morgan fingerprint density at radius 1 is 0.139 bits per heavy atom. The highest BCUT2D eigenvalue weighted by molar-refractivity contribution is 6.12. The first-order valence-electron chi connectivity index (χ1n) is 35.1. The highest BCUT2D eigenvalue weighted by atomic mass is 14.1. The standard InChI is InChI=1S/5C15H12.2C13H12/c1-11-5-4-7-13-10-9-12-6-2-3-8-14(12)15(11)13;1-11-10-12-6-2-3-8-14(12)15-9-5-4-7-13(11)15;1-11-5-4-8-15-13(11)10-9-12-6-2-3-7-14(12)15;1-11-6-9-15-13(10-11)8-7-12-4-2-3-5-14(12)15;1-11-6-7-13-9-8-12-4-2-3-5-14(12)15(13)10-11;1-11-7-5-6-10-13(11)12-8-3-2-4-9-12;1-11-6-5-9-13(10-11)12-7-3-2-4-8-12/h5*2-10H,1H3;2*2-10H,1H3. The normalized spacial score (nSPS) is 10.7. The van der Waals surface area contributed by atoms with Crippen molar-refractivity contribution in [2.45, 2.75) is 48.5 Å². The summed E-state index contributed by atoms with van der Waals surface area (Å²) in [7, 11) is 0. The second kappa shape index (κ2) is 32.0. The van der Waals surface area contributed by atoms with Gasteiger partial charge in [0.1, 0.15) is 0 Å². The molecule has 19 rings (SSSR count). The van der Waals surface area contributed by atoms with Crippen LogP contribution in [0.15, 0.2) is 382 Å². The van der Waals surface area contributed by atoms with Gasteiger partial charge in [-0.2, -0.15) is 0 Å². The first kappa shape index (κ1) is 67.4. The van der Waals surface area contributed by atoms with Crippen LogP contribution in [0, 0.1) is 48.5 Å². The van der Waals surface area contributed by atoms with E-state index in [1.807, 2.05) is 12.1 Å². The molecule has 0 heteroatoms. The summed E-state index contributed by atoms with van der Waals surface area (Å²) in [5.41, 5.74) is 14.5. The van der Waals surface area contributed by atoms with Gasteiger partial charge < -0.3 is 0 Å². The summed E-state index contributed by atoms with van der Waals surface area (Å²) in [4.78, 5) is 0. The van der Waals surface area contributed by atoms with Crippen LogP contribution in [0.25, 0.3) is 130 Å². The van der Waals surface area contributed by atoms with Gasteiger partial charge in [0.2, 0.25) is 0 Å². The molecule has 0 aliphatic carbocycles. The van der Waals surface area contributed by atoms with Gasteiger partial charge in [0.25, 0.3) is 0 Å². The Labute approximate surface area is 595 Å². The Balaban J connectivity index is 0.000000105. The lowest BCUT2D eigenvalue weighted by Gasteiger charge is -2.06. The van der Waals surface area contributed by atoms with Crippen LogP contribution in [-0.2, 0) is 0 Å². The van der Waals surface area contributed by atoms with Crippen LogP contribution in [-0.4, -0.2) is 0 Å². The lowest BCUT2D eigenvalue weighted by Crippen LogP contribution is -1.81. The molecular weight excluding hydrogens is 1210 g/mol. The smallest absolute Gasteiger partial charge is 0.00761 e. The molecule has 0 spiro atoms. The van der Waals surface area contributed by atoms with Crippen molar-refractivity contribution in [1.82, 2.24) is 0 Å². The third-order valence-electron chi connectivity index (χ3n) is 19.1. The molecule has 0 fully saturated rings. The number of benzene rings is 19. The van der Waals surface area contributed by atoms with E-state index in [1.165, 1.54) is 169 Å². The zero-order chi connectivity index (χ0) is 69.4. The van der Waals surface area contributed by atoms with Gasteiger partial charge in [-0.05, 0) is 201 Å². The lowest BCUT2D eigenvalue weighted by atomic mass is 9.98. The summed E-state index contributed by atoms with van der Waals surface area (Å²) in [6.45, 7) is 15.0. The second-order valence-electron chi connectivity index (χ2n) is 26.3. The van der Waals surface area contributed by atoms with Crippen LogP contribution in [0.4, 0.5) is 0 Å². The number of aryl methyl sites for hydroxylation is 7. The molecule has 19 aromatic rings. The summed E-state index contributed by atoms with van der Waals surface area (Å²) in [5.74, 6) is 0. The maximum absolute atomic E-state index is 2.26. The number of rotatable bonds is 2. The maximum atomic E-state index is 2.26. The summed E-state index contributed by atoms with van der Waals surface area (Å²) in [5, 5.41) is 26.8. The zero-order valence-electron chi connectivity index (χ0n) is 58.9. The number of hydrogen-bond donors (Lipinski definition) is 0. The van der Waals surface area contributed by atoms with E-state index in [0.29, 0.717) is 0 Å². The molecule has 101 heavy (non-hydrogen) atoms. The number of fused-ring (bicyclic) bond motifs is 15. The predicted molar refractivity (Wildman–Crippen MR) is 444 cm³/mol. The topological polar surface area (TPSA) is 0 Å². The van der Waals surface area contributed by atoms with Gasteiger partial charge >= 0.3 is 0 Å². The Hall–Kier alpha value is -12.2. The van der Waals surface area contributed by atoms with Gasteiger partial charge in [0.05, 0.1) is 0 Å². The van der Waals surface area contributed by atoms with Crippen LogP contribution < -0.4 is 0 Å². The average molecular weight is 1300 g/mol. The fourth-order valence-corrected chi connectivity index (χ4v) is 13.9. The molecule has 488 valence electrons. The summed E-state index contributed by atoms with van der Waals surface area (Å²) in [6, 6.07) is 135. The van der Waals surface area contributed by atoms with Crippen molar-refractivity contribution in [1.29, 1.82) is 0 Å². The molecule has 0 saturated carbocycles. The minimum absolute atomic E-state index is 1.28.